The second-order valence-electron chi connectivity index (χ2n) is 7.70. The van der Waals surface area contributed by atoms with Crippen LogP contribution in [-0.2, 0) is 22.4 Å². The number of sulfonamides is 1. The molecular weight excluding hydrogens is 512 g/mol. The van der Waals surface area contributed by atoms with E-state index in [0.29, 0.717) is 11.6 Å². The molecule has 0 aliphatic carbocycles. The Morgan fingerprint density at radius 2 is 1.56 bits per heavy atom. The number of nitrogens with zero attached hydrogens (tertiary/aromatic N) is 4. The molecule has 0 radical (unpaired) electrons. The highest BCUT2D eigenvalue weighted by Crippen LogP contribution is 2.35. The molecule has 4 aromatic rings. The topological polar surface area (TPSA) is 104 Å². The first-order valence-electron chi connectivity index (χ1n) is 9.95. The second kappa shape index (κ2) is 8.71. The van der Waals surface area contributed by atoms with E-state index < -0.39 is 39.6 Å². The Morgan fingerprint density at radius 1 is 0.861 bits per heavy atom. The van der Waals surface area contributed by atoms with Crippen molar-refractivity contribution in [2.45, 2.75) is 24.2 Å². The number of aryl methyl sites for hydroxylation is 1. The minimum atomic E-state index is -4.87. The van der Waals surface area contributed by atoms with Gasteiger partial charge in [-0.15, -0.1) is 0 Å². The Hall–Kier alpha value is -3.78. The number of primary sulfonamides is 1. The first-order chi connectivity index (χ1) is 16.6. The predicted molar refractivity (Wildman–Crippen MR) is 116 cm³/mol. The van der Waals surface area contributed by atoms with Gasteiger partial charge in [0.05, 0.1) is 21.8 Å². The maximum atomic E-state index is 13.6. The molecule has 2 N–H and O–H groups in total. The summed E-state index contributed by atoms with van der Waals surface area (Å²) < 4.78 is 104. The van der Waals surface area contributed by atoms with E-state index in [0.717, 1.165) is 29.1 Å². The zero-order valence-electron chi connectivity index (χ0n) is 18.1. The summed E-state index contributed by atoms with van der Waals surface area (Å²) in [5, 5.41) is 5.13. The first kappa shape index (κ1) is 25.3. The molecule has 0 spiro atoms. The third-order valence-electron chi connectivity index (χ3n) is 5.10. The predicted octanol–water partition coefficient (Wildman–Crippen LogP) is 4.99. The Balaban J connectivity index is 1.81. The van der Waals surface area contributed by atoms with Crippen molar-refractivity contribution in [1.29, 1.82) is 0 Å². The fraction of sp³-hybridized carbons (Fsp3) is 0.136. The summed E-state index contributed by atoms with van der Waals surface area (Å²) in [7, 11) is -4.01. The zero-order valence-corrected chi connectivity index (χ0v) is 18.9. The Kier molecular flexibility index (Phi) is 6.12. The van der Waals surface area contributed by atoms with E-state index in [1.807, 2.05) is 0 Å². The molecule has 2 aromatic carbocycles. The van der Waals surface area contributed by atoms with Crippen LogP contribution in [0.1, 0.15) is 16.8 Å². The van der Waals surface area contributed by atoms with Gasteiger partial charge in [0.25, 0.3) is 0 Å². The summed E-state index contributed by atoms with van der Waals surface area (Å²) in [5.41, 5.74) is -2.15. The van der Waals surface area contributed by atoms with E-state index in [1.54, 1.807) is 0 Å². The van der Waals surface area contributed by atoms with Crippen LogP contribution in [0.3, 0.4) is 0 Å². The average molecular weight is 527 g/mol. The Labute approximate surface area is 200 Å². The van der Waals surface area contributed by atoms with Crippen LogP contribution in [0.25, 0.3) is 28.5 Å². The minimum absolute atomic E-state index is 0.0239. The fourth-order valence-corrected chi connectivity index (χ4v) is 3.96. The van der Waals surface area contributed by atoms with E-state index >= 15 is 0 Å². The van der Waals surface area contributed by atoms with Gasteiger partial charge < -0.3 is 0 Å². The second-order valence-corrected chi connectivity index (χ2v) is 9.26. The maximum Gasteiger partial charge on any atom is 0.433 e. The number of imidazole rings is 1. The number of benzene rings is 2. The van der Waals surface area contributed by atoms with Crippen molar-refractivity contribution in [3.8, 4) is 28.5 Å². The maximum absolute atomic E-state index is 13.6. The number of hydrogen-bond donors (Lipinski definition) is 1. The molecule has 0 aliphatic heterocycles. The number of alkyl halides is 6. The van der Waals surface area contributed by atoms with Gasteiger partial charge in [0, 0.05) is 17.3 Å². The molecule has 0 amide bonds. The van der Waals surface area contributed by atoms with E-state index in [2.05, 4.69) is 15.0 Å². The van der Waals surface area contributed by atoms with Crippen LogP contribution in [0.2, 0.25) is 0 Å². The van der Waals surface area contributed by atoms with Crippen molar-refractivity contribution >= 4 is 10.0 Å². The number of hydrogen-bond acceptors (Lipinski definition) is 5. The summed E-state index contributed by atoms with van der Waals surface area (Å²) in [6.07, 6.45) is -7.10. The highest BCUT2D eigenvalue weighted by atomic mass is 32.2. The SMILES string of the molecule is Cc1cc(-c2cc(C(F)(F)F)nc(-n3cnc(-c4cccc(S(N)(=O)=O)c4)c3)n2)ccc1C(F)(F)F. The van der Waals surface area contributed by atoms with Crippen LogP contribution in [-0.4, -0.2) is 27.9 Å². The molecule has 0 fully saturated rings. The van der Waals surface area contributed by atoms with E-state index in [9.17, 15) is 34.8 Å². The van der Waals surface area contributed by atoms with Crippen molar-refractivity contribution in [2.24, 2.45) is 5.14 Å². The minimum Gasteiger partial charge on any atom is -0.274 e. The van der Waals surface area contributed by atoms with Gasteiger partial charge in [-0.1, -0.05) is 18.2 Å². The van der Waals surface area contributed by atoms with Crippen molar-refractivity contribution in [2.75, 3.05) is 0 Å². The van der Waals surface area contributed by atoms with E-state index in [4.69, 9.17) is 5.14 Å². The molecule has 0 saturated carbocycles. The summed E-state index contributed by atoms with van der Waals surface area (Å²) in [6, 6.07) is 8.97. The smallest absolute Gasteiger partial charge is 0.274 e. The van der Waals surface area contributed by atoms with Gasteiger partial charge in [-0.3, -0.25) is 4.57 Å². The standard InChI is InChI=1S/C22H15F6N5O2S/c1-12-7-14(5-6-16(12)21(23,24)25)17-9-19(22(26,27)28)32-20(31-17)33-10-18(30-11-33)13-3-2-4-15(8-13)36(29,34)35/h2-11H,1H3,(H2,29,34,35). The van der Waals surface area contributed by atoms with Gasteiger partial charge >= 0.3 is 12.4 Å². The van der Waals surface area contributed by atoms with E-state index in [1.165, 1.54) is 37.4 Å². The van der Waals surface area contributed by atoms with E-state index in [-0.39, 0.29) is 27.4 Å². The lowest BCUT2D eigenvalue weighted by Crippen LogP contribution is -2.12. The average Bonchev–Trinajstić information content (AvgIpc) is 3.27. The lowest BCUT2D eigenvalue weighted by molar-refractivity contribution is -0.141. The number of rotatable bonds is 4. The van der Waals surface area contributed by atoms with Crippen LogP contribution in [0, 0.1) is 6.92 Å². The highest BCUT2D eigenvalue weighted by molar-refractivity contribution is 7.89. The molecule has 0 aliphatic rings. The Bertz CT molecular complexity index is 1560. The van der Waals surface area contributed by atoms with Gasteiger partial charge in [-0.25, -0.2) is 28.5 Å². The monoisotopic (exact) mass is 527 g/mol. The molecule has 188 valence electrons. The largest absolute Gasteiger partial charge is 0.433 e. The fourth-order valence-electron chi connectivity index (χ4n) is 3.40. The molecule has 2 aromatic heterocycles. The molecule has 7 nitrogen and oxygen atoms in total. The molecule has 4 rings (SSSR count). The number of aromatic nitrogens is 4. The van der Waals surface area contributed by atoms with Crippen molar-refractivity contribution in [3.63, 3.8) is 0 Å². The summed E-state index contributed by atoms with van der Waals surface area (Å²) in [4.78, 5) is 11.5. The molecular formula is C22H15F6N5O2S. The van der Waals surface area contributed by atoms with Crippen molar-refractivity contribution in [1.82, 2.24) is 19.5 Å². The van der Waals surface area contributed by atoms with Gasteiger partial charge in [0.2, 0.25) is 16.0 Å². The summed E-state index contributed by atoms with van der Waals surface area (Å²) >= 11 is 0. The number of nitrogens with two attached hydrogens (primary N) is 1. The third kappa shape index (κ3) is 5.23. The molecule has 0 bridgehead atoms. The summed E-state index contributed by atoms with van der Waals surface area (Å²) in [6.45, 7) is 1.19. The van der Waals surface area contributed by atoms with Crippen LogP contribution in [0.4, 0.5) is 26.3 Å². The molecule has 36 heavy (non-hydrogen) atoms. The quantitative estimate of drug-likeness (QED) is 0.377. The number of halogens is 6. The molecule has 0 saturated heterocycles. The van der Waals surface area contributed by atoms with Gasteiger partial charge in [-0.05, 0) is 42.8 Å². The molecule has 14 heteroatoms. The molecule has 0 unspecified atom stereocenters. The van der Waals surface area contributed by atoms with Gasteiger partial charge in [-0.2, -0.15) is 26.3 Å². The van der Waals surface area contributed by atoms with Crippen molar-refractivity contribution in [3.05, 3.63) is 77.9 Å². The van der Waals surface area contributed by atoms with Crippen LogP contribution in [0.15, 0.2) is 66.0 Å². The lowest BCUT2D eigenvalue weighted by Gasteiger charge is -2.13. The zero-order chi connectivity index (χ0) is 26.5. The van der Waals surface area contributed by atoms with Crippen LogP contribution in [0.5, 0.6) is 0 Å². The first-order valence-corrected chi connectivity index (χ1v) is 11.5. The Morgan fingerprint density at radius 3 is 2.17 bits per heavy atom. The molecule has 2 heterocycles. The van der Waals surface area contributed by atoms with Gasteiger partial charge in [0.1, 0.15) is 6.33 Å². The molecule has 0 atom stereocenters. The summed E-state index contributed by atoms with van der Waals surface area (Å²) in [5.74, 6) is -0.446. The normalized spacial score (nSPS) is 12.7. The van der Waals surface area contributed by atoms with Crippen LogP contribution < -0.4 is 5.14 Å². The van der Waals surface area contributed by atoms with Gasteiger partial charge in [0.15, 0.2) is 5.69 Å². The van der Waals surface area contributed by atoms with Crippen molar-refractivity contribution < 1.29 is 34.8 Å². The van der Waals surface area contributed by atoms with Crippen LogP contribution >= 0.6 is 0 Å². The highest BCUT2D eigenvalue weighted by Gasteiger charge is 2.35. The lowest BCUT2D eigenvalue weighted by atomic mass is 10.0. The third-order valence-corrected chi connectivity index (χ3v) is 6.02.